The third-order valence-electron chi connectivity index (χ3n) is 3.23. The highest BCUT2D eigenvalue weighted by molar-refractivity contribution is 5.89. The van der Waals surface area contributed by atoms with Gasteiger partial charge in [-0.15, -0.1) is 0 Å². The fourth-order valence-electron chi connectivity index (χ4n) is 2.21. The minimum Gasteiger partial charge on any atom is -0.508 e. The van der Waals surface area contributed by atoms with E-state index < -0.39 is 0 Å². The van der Waals surface area contributed by atoms with Crippen LogP contribution in [-0.4, -0.2) is 5.11 Å². The quantitative estimate of drug-likeness (QED) is 0.766. The van der Waals surface area contributed by atoms with E-state index in [-0.39, 0.29) is 0 Å². The van der Waals surface area contributed by atoms with Crippen LogP contribution in [0.25, 0.3) is 11.1 Å². The first kappa shape index (κ1) is 12.4. The third-order valence-corrected chi connectivity index (χ3v) is 3.23. The monoisotopic (exact) mass is 238 g/mol. The predicted molar refractivity (Wildman–Crippen MR) is 77.3 cm³/mol. The molecule has 0 atom stereocenters. The van der Waals surface area contributed by atoms with E-state index in [1.54, 1.807) is 12.1 Å². The summed E-state index contributed by atoms with van der Waals surface area (Å²) in [5.41, 5.74) is 5.05. The van der Waals surface area contributed by atoms with Gasteiger partial charge in [0.05, 0.1) is 0 Å². The van der Waals surface area contributed by atoms with E-state index in [0.717, 1.165) is 12.0 Å². The van der Waals surface area contributed by atoms with Crippen molar-refractivity contribution in [3.05, 3.63) is 65.7 Å². The highest BCUT2D eigenvalue weighted by Gasteiger charge is 2.05. The van der Waals surface area contributed by atoms with Crippen LogP contribution < -0.4 is 0 Å². The van der Waals surface area contributed by atoms with Crippen molar-refractivity contribution >= 4 is 11.1 Å². The normalized spacial score (nSPS) is 12.1. The Morgan fingerprint density at radius 1 is 0.889 bits per heavy atom. The lowest BCUT2D eigenvalue weighted by Crippen LogP contribution is -1.88. The lowest BCUT2D eigenvalue weighted by molar-refractivity contribution is 0.475. The molecule has 1 heteroatoms. The van der Waals surface area contributed by atoms with E-state index in [4.69, 9.17) is 0 Å². The maximum atomic E-state index is 9.34. The minimum absolute atomic E-state index is 0.310. The molecule has 18 heavy (non-hydrogen) atoms. The average molecular weight is 238 g/mol. The molecule has 2 rings (SSSR count). The summed E-state index contributed by atoms with van der Waals surface area (Å²) in [6.07, 6.45) is 0.997. The number of hydrogen-bond donors (Lipinski definition) is 1. The van der Waals surface area contributed by atoms with Gasteiger partial charge < -0.3 is 5.11 Å². The van der Waals surface area contributed by atoms with Gasteiger partial charge in [0.1, 0.15) is 5.75 Å². The standard InChI is InChI=1S/C17H18O/c1-3-17(15-7-5-4-6-8-15)13(2)14-9-11-16(18)12-10-14/h4-12,18H,3H2,1-2H3/b17-13-. The Morgan fingerprint density at radius 2 is 1.50 bits per heavy atom. The Kier molecular flexibility index (Phi) is 3.83. The van der Waals surface area contributed by atoms with Gasteiger partial charge in [-0.05, 0) is 47.8 Å². The van der Waals surface area contributed by atoms with Crippen LogP contribution in [0.15, 0.2) is 54.6 Å². The van der Waals surface area contributed by atoms with Crippen molar-refractivity contribution in [3.8, 4) is 5.75 Å². The van der Waals surface area contributed by atoms with E-state index in [9.17, 15) is 5.11 Å². The van der Waals surface area contributed by atoms with Crippen LogP contribution >= 0.6 is 0 Å². The van der Waals surface area contributed by atoms with Crippen LogP contribution in [0.2, 0.25) is 0 Å². The van der Waals surface area contributed by atoms with Crippen molar-refractivity contribution in [2.75, 3.05) is 0 Å². The summed E-state index contributed by atoms with van der Waals surface area (Å²) >= 11 is 0. The zero-order valence-corrected chi connectivity index (χ0v) is 10.9. The molecule has 0 spiro atoms. The fraction of sp³-hybridized carbons (Fsp3) is 0.176. The van der Waals surface area contributed by atoms with E-state index in [1.165, 1.54) is 16.7 Å². The molecule has 0 amide bonds. The van der Waals surface area contributed by atoms with Crippen LogP contribution in [0.1, 0.15) is 31.4 Å². The SMILES string of the molecule is CC/C(=C(\C)c1ccc(O)cc1)c1ccccc1. The molecule has 0 aliphatic rings. The molecule has 0 aromatic heterocycles. The lowest BCUT2D eigenvalue weighted by Gasteiger charge is -2.11. The van der Waals surface area contributed by atoms with Gasteiger partial charge >= 0.3 is 0 Å². The van der Waals surface area contributed by atoms with Gasteiger partial charge in [0.25, 0.3) is 0 Å². The molecule has 0 heterocycles. The Morgan fingerprint density at radius 3 is 2.06 bits per heavy atom. The van der Waals surface area contributed by atoms with E-state index >= 15 is 0 Å². The second kappa shape index (κ2) is 5.54. The van der Waals surface area contributed by atoms with Crippen LogP contribution in [0.5, 0.6) is 5.75 Å². The molecule has 2 aromatic rings. The molecular formula is C17H18O. The van der Waals surface area contributed by atoms with Gasteiger partial charge in [-0.2, -0.15) is 0 Å². The third kappa shape index (κ3) is 2.62. The van der Waals surface area contributed by atoms with Gasteiger partial charge in [-0.1, -0.05) is 49.4 Å². The molecule has 92 valence electrons. The van der Waals surface area contributed by atoms with E-state index in [1.807, 2.05) is 18.2 Å². The number of benzene rings is 2. The van der Waals surface area contributed by atoms with Gasteiger partial charge in [-0.3, -0.25) is 0 Å². The maximum absolute atomic E-state index is 9.34. The maximum Gasteiger partial charge on any atom is 0.115 e. The lowest BCUT2D eigenvalue weighted by atomic mass is 9.94. The van der Waals surface area contributed by atoms with Crippen LogP contribution in [0.3, 0.4) is 0 Å². The molecule has 1 nitrogen and oxygen atoms in total. The van der Waals surface area contributed by atoms with Crippen molar-refractivity contribution in [2.45, 2.75) is 20.3 Å². The summed E-state index contributed by atoms with van der Waals surface area (Å²) in [6.45, 7) is 4.31. The van der Waals surface area contributed by atoms with Crippen LogP contribution in [0, 0.1) is 0 Å². The topological polar surface area (TPSA) is 20.2 Å². The number of aromatic hydroxyl groups is 1. The van der Waals surface area contributed by atoms with Crippen molar-refractivity contribution in [3.63, 3.8) is 0 Å². The fourth-order valence-corrected chi connectivity index (χ4v) is 2.21. The molecule has 0 radical (unpaired) electrons. The van der Waals surface area contributed by atoms with Crippen molar-refractivity contribution in [1.29, 1.82) is 0 Å². The Hall–Kier alpha value is -2.02. The van der Waals surface area contributed by atoms with Crippen molar-refractivity contribution in [2.24, 2.45) is 0 Å². The molecule has 0 fully saturated rings. The number of hydrogen-bond acceptors (Lipinski definition) is 1. The predicted octanol–water partition coefficient (Wildman–Crippen LogP) is 4.73. The van der Waals surface area contributed by atoms with Gasteiger partial charge in [0.2, 0.25) is 0 Å². The smallest absolute Gasteiger partial charge is 0.115 e. The zero-order chi connectivity index (χ0) is 13.0. The van der Waals surface area contributed by atoms with Crippen LogP contribution in [-0.2, 0) is 0 Å². The van der Waals surface area contributed by atoms with E-state index in [2.05, 4.69) is 38.1 Å². The van der Waals surface area contributed by atoms with Gasteiger partial charge in [-0.25, -0.2) is 0 Å². The Labute approximate surface area is 108 Å². The molecule has 0 saturated carbocycles. The van der Waals surface area contributed by atoms with Gasteiger partial charge in [0.15, 0.2) is 0 Å². The molecule has 1 N–H and O–H groups in total. The molecular weight excluding hydrogens is 220 g/mol. The molecule has 0 unspecified atom stereocenters. The van der Waals surface area contributed by atoms with Crippen LogP contribution in [0.4, 0.5) is 0 Å². The number of rotatable bonds is 3. The second-order valence-corrected chi connectivity index (χ2v) is 4.37. The highest BCUT2D eigenvalue weighted by atomic mass is 16.3. The minimum atomic E-state index is 0.310. The van der Waals surface area contributed by atoms with E-state index in [0.29, 0.717) is 5.75 Å². The highest BCUT2D eigenvalue weighted by Crippen LogP contribution is 2.29. The average Bonchev–Trinajstić information content (AvgIpc) is 2.41. The summed E-state index contributed by atoms with van der Waals surface area (Å²) < 4.78 is 0. The summed E-state index contributed by atoms with van der Waals surface area (Å²) in [6, 6.07) is 17.8. The summed E-state index contributed by atoms with van der Waals surface area (Å²) in [7, 11) is 0. The number of phenolic OH excluding ortho intramolecular Hbond substituents is 1. The molecule has 2 aromatic carbocycles. The first-order valence-corrected chi connectivity index (χ1v) is 6.27. The Bertz CT molecular complexity index is 536. The van der Waals surface area contributed by atoms with Gasteiger partial charge in [0, 0.05) is 0 Å². The first-order valence-electron chi connectivity index (χ1n) is 6.27. The summed E-state index contributed by atoms with van der Waals surface area (Å²) in [4.78, 5) is 0. The molecule has 0 aliphatic carbocycles. The summed E-state index contributed by atoms with van der Waals surface area (Å²) in [5.74, 6) is 0.310. The van der Waals surface area contributed by atoms with Crippen molar-refractivity contribution < 1.29 is 5.11 Å². The summed E-state index contributed by atoms with van der Waals surface area (Å²) in [5, 5.41) is 9.34. The second-order valence-electron chi connectivity index (χ2n) is 4.37. The Balaban J connectivity index is 2.47. The molecule has 0 aliphatic heterocycles. The zero-order valence-electron chi connectivity index (χ0n) is 10.9. The largest absolute Gasteiger partial charge is 0.508 e. The number of allylic oxidation sites excluding steroid dienone is 2. The molecule has 0 saturated heterocycles. The first-order chi connectivity index (χ1) is 8.72. The molecule has 0 bridgehead atoms. The number of phenols is 1. The van der Waals surface area contributed by atoms with Crippen molar-refractivity contribution in [1.82, 2.24) is 0 Å².